The monoisotopic (exact) mass is 443 g/mol. The highest BCUT2D eigenvalue weighted by molar-refractivity contribution is 7.89. The second-order valence-electron chi connectivity index (χ2n) is 7.31. The van der Waals surface area contributed by atoms with E-state index in [2.05, 4.69) is 9.88 Å². The molecule has 1 saturated heterocycles. The van der Waals surface area contributed by atoms with Crippen LogP contribution in [0.5, 0.6) is 17.4 Å². The van der Waals surface area contributed by atoms with Gasteiger partial charge in [0.25, 0.3) is 0 Å². The van der Waals surface area contributed by atoms with Crippen LogP contribution in [-0.2, 0) is 10.0 Å². The van der Waals surface area contributed by atoms with Gasteiger partial charge in [-0.1, -0.05) is 18.2 Å². The summed E-state index contributed by atoms with van der Waals surface area (Å²) in [4.78, 5) is 6.73. The predicted octanol–water partition coefficient (Wildman–Crippen LogP) is 3.32. The molecule has 9 heteroatoms. The van der Waals surface area contributed by atoms with E-state index in [4.69, 9.17) is 4.74 Å². The molecule has 2 heterocycles. The fraction of sp³-hybridized carbons (Fsp3) is 0.227. The molecule has 31 heavy (non-hydrogen) atoms. The number of aromatic nitrogens is 1. The standard InChI is InChI=1S/C22H22FN3O4S/c1-25-10-12-26(13-11-25)31(28,29)18-5-2-4-16(14-18)20-6-3-7-22(24-20)30-17-8-9-19(23)21(27)15-17/h2-9,14-15,27H,10-13H2,1H3. The molecule has 1 aliphatic rings. The Labute approximate surface area is 180 Å². The normalized spacial score (nSPS) is 15.7. The summed E-state index contributed by atoms with van der Waals surface area (Å²) in [5.41, 5.74) is 1.15. The number of likely N-dealkylation sites (N-methyl/N-ethyl adjacent to an activating group) is 1. The van der Waals surface area contributed by atoms with Crippen LogP contribution in [0.1, 0.15) is 0 Å². The lowest BCUT2D eigenvalue weighted by Gasteiger charge is -2.31. The van der Waals surface area contributed by atoms with Crippen molar-refractivity contribution in [2.45, 2.75) is 4.90 Å². The molecule has 0 saturated carbocycles. The van der Waals surface area contributed by atoms with Gasteiger partial charge in [0.1, 0.15) is 5.75 Å². The van der Waals surface area contributed by atoms with Crippen molar-refractivity contribution < 1.29 is 22.7 Å². The first-order valence-electron chi connectivity index (χ1n) is 9.75. The molecule has 0 bridgehead atoms. The quantitative estimate of drug-likeness (QED) is 0.651. The topological polar surface area (TPSA) is 83.0 Å². The first-order chi connectivity index (χ1) is 14.8. The summed E-state index contributed by atoms with van der Waals surface area (Å²) in [7, 11) is -1.63. The Hall–Kier alpha value is -3.01. The summed E-state index contributed by atoms with van der Waals surface area (Å²) in [5, 5.41) is 9.50. The van der Waals surface area contributed by atoms with Crippen molar-refractivity contribution in [3.05, 3.63) is 66.5 Å². The number of rotatable bonds is 5. The maximum Gasteiger partial charge on any atom is 0.243 e. The highest BCUT2D eigenvalue weighted by atomic mass is 32.2. The van der Waals surface area contributed by atoms with Crippen LogP contribution in [-0.4, -0.2) is 60.9 Å². The fourth-order valence-electron chi connectivity index (χ4n) is 3.30. The molecule has 0 atom stereocenters. The lowest BCUT2D eigenvalue weighted by Crippen LogP contribution is -2.47. The molecule has 0 radical (unpaired) electrons. The molecule has 1 N–H and O–H groups in total. The molecule has 1 aromatic heterocycles. The summed E-state index contributed by atoms with van der Waals surface area (Å²) >= 11 is 0. The van der Waals surface area contributed by atoms with Crippen LogP contribution < -0.4 is 4.74 Å². The minimum atomic E-state index is -3.60. The van der Waals surface area contributed by atoms with Gasteiger partial charge in [0.05, 0.1) is 10.6 Å². The SMILES string of the molecule is CN1CCN(S(=O)(=O)c2cccc(-c3cccc(Oc4ccc(F)c(O)c4)n3)c2)CC1. The molecular weight excluding hydrogens is 421 g/mol. The van der Waals surface area contributed by atoms with E-state index < -0.39 is 21.6 Å². The second-order valence-corrected chi connectivity index (χ2v) is 9.25. The zero-order valence-electron chi connectivity index (χ0n) is 16.9. The summed E-state index contributed by atoms with van der Waals surface area (Å²) < 4.78 is 46.5. The van der Waals surface area contributed by atoms with Crippen LogP contribution in [0.2, 0.25) is 0 Å². The Bertz CT molecular complexity index is 1190. The zero-order valence-corrected chi connectivity index (χ0v) is 17.7. The van der Waals surface area contributed by atoms with Gasteiger partial charge in [-0.3, -0.25) is 0 Å². The van der Waals surface area contributed by atoms with Crippen LogP contribution >= 0.6 is 0 Å². The van der Waals surface area contributed by atoms with Crippen LogP contribution in [0.4, 0.5) is 4.39 Å². The average Bonchev–Trinajstić information content (AvgIpc) is 2.77. The number of aromatic hydroxyl groups is 1. The van der Waals surface area contributed by atoms with Gasteiger partial charge in [0.15, 0.2) is 11.6 Å². The van der Waals surface area contributed by atoms with Gasteiger partial charge >= 0.3 is 0 Å². The van der Waals surface area contributed by atoms with E-state index in [9.17, 15) is 17.9 Å². The van der Waals surface area contributed by atoms with Gasteiger partial charge in [-0.2, -0.15) is 4.31 Å². The van der Waals surface area contributed by atoms with Crippen LogP contribution in [0, 0.1) is 5.82 Å². The molecule has 0 unspecified atom stereocenters. The molecule has 3 aromatic rings. The molecule has 0 amide bonds. The third kappa shape index (κ3) is 4.68. The van der Waals surface area contributed by atoms with E-state index in [0.29, 0.717) is 37.4 Å². The van der Waals surface area contributed by atoms with Gasteiger partial charge < -0.3 is 14.7 Å². The lowest BCUT2D eigenvalue weighted by molar-refractivity contribution is 0.222. The zero-order chi connectivity index (χ0) is 22.0. The Morgan fingerprint density at radius 3 is 2.48 bits per heavy atom. The van der Waals surface area contributed by atoms with E-state index in [1.54, 1.807) is 42.5 Å². The minimum Gasteiger partial charge on any atom is -0.505 e. The maximum atomic E-state index is 13.2. The van der Waals surface area contributed by atoms with Crippen molar-refractivity contribution in [3.8, 4) is 28.6 Å². The van der Waals surface area contributed by atoms with E-state index >= 15 is 0 Å². The smallest absolute Gasteiger partial charge is 0.243 e. The lowest BCUT2D eigenvalue weighted by atomic mass is 10.1. The number of hydrogen-bond acceptors (Lipinski definition) is 6. The Morgan fingerprint density at radius 2 is 1.74 bits per heavy atom. The highest BCUT2D eigenvalue weighted by Crippen LogP contribution is 2.28. The molecule has 7 nitrogen and oxygen atoms in total. The van der Waals surface area contributed by atoms with Gasteiger partial charge in [-0.05, 0) is 37.4 Å². The second kappa shape index (κ2) is 8.62. The number of hydrogen-bond donors (Lipinski definition) is 1. The summed E-state index contributed by atoms with van der Waals surface area (Å²) in [6.07, 6.45) is 0. The molecule has 162 valence electrons. The van der Waals surface area contributed by atoms with Crippen molar-refractivity contribution in [2.75, 3.05) is 33.2 Å². The minimum absolute atomic E-state index is 0.214. The van der Waals surface area contributed by atoms with E-state index in [1.807, 2.05) is 7.05 Å². The number of ether oxygens (including phenoxy) is 1. The average molecular weight is 444 g/mol. The predicted molar refractivity (Wildman–Crippen MR) is 114 cm³/mol. The van der Waals surface area contributed by atoms with E-state index in [1.165, 1.54) is 10.4 Å². The first kappa shape index (κ1) is 21.2. The molecular formula is C22H22FN3O4S. The largest absolute Gasteiger partial charge is 0.505 e. The van der Waals surface area contributed by atoms with Crippen LogP contribution in [0.3, 0.4) is 0 Å². The van der Waals surface area contributed by atoms with E-state index in [0.717, 1.165) is 12.1 Å². The maximum absolute atomic E-state index is 13.2. The summed E-state index contributed by atoms with van der Waals surface area (Å²) in [6.45, 7) is 2.29. The Kier molecular flexibility index (Phi) is 5.90. The van der Waals surface area contributed by atoms with Crippen molar-refractivity contribution in [1.82, 2.24) is 14.2 Å². The number of piperazine rings is 1. The van der Waals surface area contributed by atoms with Gasteiger partial charge in [0, 0.05) is 43.9 Å². The van der Waals surface area contributed by atoms with Gasteiger partial charge in [-0.15, -0.1) is 0 Å². The Morgan fingerprint density at radius 1 is 1.00 bits per heavy atom. The molecule has 1 fully saturated rings. The molecule has 4 rings (SSSR count). The van der Waals surface area contributed by atoms with Crippen LogP contribution in [0.25, 0.3) is 11.3 Å². The molecule has 2 aromatic carbocycles. The van der Waals surface area contributed by atoms with Crippen molar-refractivity contribution in [3.63, 3.8) is 0 Å². The third-order valence-corrected chi connectivity index (χ3v) is 6.99. The van der Waals surface area contributed by atoms with Crippen LogP contribution in [0.15, 0.2) is 65.6 Å². The third-order valence-electron chi connectivity index (χ3n) is 5.09. The number of phenolic OH excluding ortho intramolecular Hbond substituents is 1. The summed E-state index contributed by atoms with van der Waals surface area (Å²) in [6, 6.07) is 15.4. The van der Waals surface area contributed by atoms with Gasteiger partial charge in [0.2, 0.25) is 15.9 Å². The van der Waals surface area contributed by atoms with E-state index in [-0.39, 0.29) is 16.5 Å². The number of nitrogens with zero attached hydrogens (tertiary/aromatic N) is 3. The van der Waals surface area contributed by atoms with Crippen molar-refractivity contribution in [1.29, 1.82) is 0 Å². The molecule has 0 spiro atoms. The number of halogens is 1. The molecule has 0 aliphatic carbocycles. The number of benzene rings is 2. The summed E-state index contributed by atoms with van der Waals surface area (Å²) in [5.74, 6) is -0.798. The Balaban J connectivity index is 1.59. The molecule has 1 aliphatic heterocycles. The number of pyridine rings is 1. The number of sulfonamides is 1. The van der Waals surface area contributed by atoms with Gasteiger partial charge in [-0.25, -0.2) is 17.8 Å². The first-order valence-corrected chi connectivity index (χ1v) is 11.2. The fourth-order valence-corrected chi connectivity index (χ4v) is 4.77. The number of phenols is 1. The highest BCUT2D eigenvalue weighted by Gasteiger charge is 2.27. The van der Waals surface area contributed by atoms with Crippen molar-refractivity contribution in [2.24, 2.45) is 0 Å². The van der Waals surface area contributed by atoms with Crippen molar-refractivity contribution >= 4 is 10.0 Å².